The average molecular weight is 514 g/mol. The maximum Gasteiger partial charge on any atom is 0.271 e. The molecule has 0 unspecified atom stereocenters. The lowest BCUT2D eigenvalue weighted by Gasteiger charge is -2.06. The molecule has 7 nitrogen and oxygen atoms in total. The number of fused-ring (bicyclic) bond motifs is 1. The average Bonchev–Trinajstić information content (AvgIpc) is 3.16. The van der Waals surface area contributed by atoms with Gasteiger partial charge in [0.2, 0.25) is 0 Å². The first kappa shape index (κ1) is 23.6. The van der Waals surface area contributed by atoms with Gasteiger partial charge in [0.1, 0.15) is 4.88 Å². The van der Waals surface area contributed by atoms with E-state index in [2.05, 4.69) is 15.8 Å². The second kappa shape index (κ2) is 10.1. The highest BCUT2D eigenvalue weighted by molar-refractivity contribution is 7.21. The fourth-order valence-corrected chi connectivity index (χ4v) is 4.77. The third-order valence-corrected chi connectivity index (χ3v) is 6.68. The maximum atomic E-state index is 12.7. The Morgan fingerprint density at radius 1 is 1.03 bits per heavy atom. The Hall–Kier alpha value is -3.59. The van der Waals surface area contributed by atoms with Crippen LogP contribution < -0.4 is 15.5 Å². The summed E-state index contributed by atoms with van der Waals surface area (Å²) < 4.78 is 5.86. The number of rotatable bonds is 6. The molecule has 0 fully saturated rings. The minimum Gasteiger partial charge on any atom is -0.504 e. The minimum atomic E-state index is -0.427. The van der Waals surface area contributed by atoms with Gasteiger partial charge in [0, 0.05) is 26.4 Å². The van der Waals surface area contributed by atoms with Gasteiger partial charge in [-0.25, -0.2) is 5.43 Å². The Labute approximate surface area is 208 Å². The Balaban J connectivity index is 1.39. The topological polar surface area (TPSA) is 100 Å². The molecule has 0 atom stereocenters. The highest BCUT2D eigenvalue weighted by Crippen LogP contribution is 2.37. The lowest BCUT2D eigenvalue weighted by Crippen LogP contribution is -2.17. The van der Waals surface area contributed by atoms with Crippen LogP contribution in [0.3, 0.4) is 0 Å². The van der Waals surface area contributed by atoms with E-state index in [0.29, 0.717) is 37.5 Å². The normalized spacial score (nSPS) is 11.0. The zero-order chi connectivity index (χ0) is 24.2. The predicted molar refractivity (Wildman–Crippen MR) is 136 cm³/mol. The molecule has 0 aliphatic rings. The number of phenols is 1. The smallest absolute Gasteiger partial charge is 0.271 e. The quantitative estimate of drug-likeness (QED) is 0.219. The molecule has 34 heavy (non-hydrogen) atoms. The summed E-state index contributed by atoms with van der Waals surface area (Å²) in [5.41, 5.74) is 3.92. The molecule has 2 amide bonds. The van der Waals surface area contributed by atoms with Crippen molar-refractivity contribution >= 4 is 68.3 Å². The van der Waals surface area contributed by atoms with E-state index in [1.165, 1.54) is 30.7 Å². The highest BCUT2D eigenvalue weighted by atomic mass is 35.5. The fraction of sp³-hybridized carbons (Fsp3) is 0.0417. The molecule has 10 heteroatoms. The van der Waals surface area contributed by atoms with Crippen LogP contribution in [0, 0.1) is 0 Å². The summed E-state index contributed by atoms with van der Waals surface area (Å²) in [7, 11) is 1.44. The second-order valence-electron chi connectivity index (χ2n) is 7.05. The molecule has 172 valence electrons. The van der Waals surface area contributed by atoms with Crippen molar-refractivity contribution in [3.63, 3.8) is 0 Å². The van der Waals surface area contributed by atoms with E-state index < -0.39 is 5.91 Å². The maximum absolute atomic E-state index is 12.7. The van der Waals surface area contributed by atoms with Crippen molar-refractivity contribution in [2.24, 2.45) is 5.10 Å². The molecule has 1 aromatic heterocycles. The van der Waals surface area contributed by atoms with E-state index in [1.807, 2.05) is 0 Å². The number of carbonyl (C=O) groups excluding carboxylic acids is 2. The zero-order valence-corrected chi connectivity index (χ0v) is 20.0. The van der Waals surface area contributed by atoms with Crippen molar-refractivity contribution in [2.45, 2.75) is 0 Å². The number of nitrogens with one attached hydrogen (secondary N) is 2. The monoisotopic (exact) mass is 513 g/mol. The fourth-order valence-electron chi connectivity index (χ4n) is 3.08. The largest absolute Gasteiger partial charge is 0.504 e. The van der Waals surface area contributed by atoms with E-state index in [4.69, 9.17) is 27.9 Å². The minimum absolute atomic E-state index is 0.00916. The van der Waals surface area contributed by atoms with Crippen molar-refractivity contribution < 1.29 is 19.4 Å². The standard InChI is InChI=1S/C24H17Cl2N3O4S/c1-33-19-10-13(2-9-18(19)30)12-27-29-23(31)14-3-6-16(7-4-14)28-24(32)22-21(26)17-8-5-15(25)11-20(17)34-22/h2-12,30H,1H3,(H,28,32)(H,29,31)/b27-12-. The molecule has 0 aliphatic heterocycles. The van der Waals surface area contributed by atoms with Crippen molar-refractivity contribution in [3.05, 3.63) is 86.7 Å². The van der Waals surface area contributed by atoms with Crippen LogP contribution in [0.25, 0.3) is 10.1 Å². The molecule has 0 radical (unpaired) electrons. The lowest BCUT2D eigenvalue weighted by molar-refractivity contribution is 0.0954. The van der Waals surface area contributed by atoms with E-state index in [-0.39, 0.29) is 11.7 Å². The Morgan fingerprint density at radius 3 is 2.53 bits per heavy atom. The number of nitrogens with zero attached hydrogens (tertiary/aromatic N) is 1. The summed E-state index contributed by atoms with van der Waals surface area (Å²) >= 11 is 13.6. The van der Waals surface area contributed by atoms with Crippen LogP contribution >= 0.6 is 34.5 Å². The van der Waals surface area contributed by atoms with Crippen molar-refractivity contribution in [1.29, 1.82) is 0 Å². The number of phenolic OH excluding ortho intramolecular Hbond substituents is 1. The molecule has 3 N–H and O–H groups in total. The molecule has 0 aliphatic carbocycles. The first-order chi connectivity index (χ1) is 16.4. The number of amides is 2. The van der Waals surface area contributed by atoms with E-state index in [9.17, 15) is 14.7 Å². The third kappa shape index (κ3) is 5.14. The summed E-state index contributed by atoms with van der Waals surface area (Å²) in [6.45, 7) is 0. The van der Waals surface area contributed by atoms with E-state index in [0.717, 1.165) is 10.1 Å². The van der Waals surface area contributed by atoms with Crippen molar-refractivity contribution in [2.75, 3.05) is 12.4 Å². The van der Waals surface area contributed by atoms with E-state index >= 15 is 0 Å². The number of benzene rings is 3. The number of halogens is 2. The number of hydrogen-bond acceptors (Lipinski definition) is 6. The van der Waals surface area contributed by atoms with Gasteiger partial charge in [-0.15, -0.1) is 11.3 Å². The van der Waals surface area contributed by atoms with Gasteiger partial charge in [-0.3, -0.25) is 9.59 Å². The molecule has 4 aromatic rings. The number of methoxy groups -OCH3 is 1. The third-order valence-electron chi connectivity index (χ3n) is 4.79. The lowest BCUT2D eigenvalue weighted by atomic mass is 10.2. The summed E-state index contributed by atoms with van der Waals surface area (Å²) in [6, 6.07) is 16.3. The molecule has 0 saturated carbocycles. The van der Waals surface area contributed by atoms with Gasteiger partial charge >= 0.3 is 0 Å². The second-order valence-corrected chi connectivity index (χ2v) is 8.91. The number of carbonyl (C=O) groups is 2. The van der Waals surface area contributed by atoms with Crippen LogP contribution in [-0.2, 0) is 0 Å². The molecular formula is C24H17Cl2N3O4S. The summed E-state index contributed by atoms with van der Waals surface area (Å²) in [4.78, 5) is 25.4. The Bertz CT molecular complexity index is 1420. The first-order valence-corrected chi connectivity index (χ1v) is 11.4. The van der Waals surface area contributed by atoms with Crippen LogP contribution in [0.15, 0.2) is 65.8 Å². The number of hydrazone groups is 1. The molecular weight excluding hydrogens is 497 g/mol. The first-order valence-electron chi connectivity index (χ1n) is 9.85. The summed E-state index contributed by atoms with van der Waals surface area (Å²) in [5, 5.41) is 18.0. The molecule has 0 bridgehead atoms. The number of aromatic hydroxyl groups is 1. The number of anilines is 1. The Kier molecular flexibility index (Phi) is 7.02. The molecule has 3 aromatic carbocycles. The van der Waals surface area contributed by atoms with Crippen LogP contribution in [0.2, 0.25) is 10.0 Å². The molecule has 0 spiro atoms. The van der Waals surface area contributed by atoms with Crippen molar-refractivity contribution in [3.8, 4) is 11.5 Å². The van der Waals surface area contributed by atoms with Gasteiger partial charge < -0.3 is 15.2 Å². The van der Waals surface area contributed by atoms with Gasteiger partial charge in [-0.1, -0.05) is 29.3 Å². The van der Waals surface area contributed by atoms with Crippen LogP contribution in [0.1, 0.15) is 25.6 Å². The summed E-state index contributed by atoms with van der Waals surface area (Å²) in [6.07, 6.45) is 1.43. The molecule has 0 saturated heterocycles. The highest BCUT2D eigenvalue weighted by Gasteiger charge is 2.17. The van der Waals surface area contributed by atoms with Crippen LogP contribution in [-0.4, -0.2) is 30.2 Å². The zero-order valence-electron chi connectivity index (χ0n) is 17.6. The van der Waals surface area contributed by atoms with Gasteiger partial charge in [-0.2, -0.15) is 5.10 Å². The van der Waals surface area contributed by atoms with E-state index in [1.54, 1.807) is 54.6 Å². The van der Waals surface area contributed by atoms with Gasteiger partial charge in [0.15, 0.2) is 11.5 Å². The SMILES string of the molecule is COc1cc(/C=N\NC(=O)c2ccc(NC(=O)c3sc4cc(Cl)ccc4c3Cl)cc2)ccc1O. The van der Waals surface area contributed by atoms with Gasteiger partial charge in [0.25, 0.3) is 11.8 Å². The van der Waals surface area contributed by atoms with Crippen molar-refractivity contribution in [1.82, 2.24) is 5.43 Å². The van der Waals surface area contributed by atoms with Gasteiger partial charge in [-0.05, 0) is 60.2 Å². The molecule has 1 heterocycles. The number of thiophene rings is 1. The summed E-state index contributed by atoms with van der Waals surface area (Å²) in [5.74, 6) is -0.471. The van der Waals surface area contributed by atoms with Crippen LogP contribution in [0.5, 0.6) is 11.5 Å². The number of ether oxygens (including phenoxy) is 1. The predicted octanol–water partition coefficient (Wildman–Crippen LogP) is 5.94. The Morgan fingerprint density at radius 2 is 1.79 bits per heavy atom. The van der Waals surface area contributed by atoms with Gasteiger partial charge in [0.05, 0.1) is 18.3 Å². The molecule has 4 rings (SSSR count). The number of hydrogen-bond donors (Lipinski definition) is 3. The van der Waals surface area contributed by atoms with Crippen LogP contribution in [0.4, 0.5) is 5.69 Å².